The summed E-state index contributed by atoms with van der Waals surface area (Å²) in [5.74, 6) is -0.130. The normalized spacial score (nSPS) is 20.9. The van der Waals surface area contributed by atoms with Gasteiger partial charge in [-0.3, -0.25) is 9.59 Å². The predicted octanol–water partition coefficient (Wildman–Crippen LogP) is 1.76. The molecule has 2 heterocycles. The Bertz CT molecular complexity index is 758. The molecule has 6 heteroatoms. The number of hydrogen-bond acceptors (Lipinski definition) is 3. The molecule has 3 rings (SSSR count). The highest BCUT2D eigenvalue weighted by Crippen LogP contribution is 2.29. The van der Waals surface area contributed by atoms with Gasteiger partial charge >= 0.3 is 0 Å². The molecule has 0 saturated carbocycles. The van der Waals surface area contributed by atoms with Crippen molar-refractivity contribution in [3.63, 3.8) is 0 Å². The summed E-state index contributed by atoms with van der Waals surface area (Å²) < 4.78 is 0. The third kappa shape index (κ3) is 2.87. The van der Waals surface area contributed by atoms with Crippen LogP contribution < -0.4 is 11.3 Å². The third-order valence-electron chi connectivity index (χ3n) is 4.32. The number of pyridine rings is 1. The zero-order valence-corrected chi connectivity index (χ0v) is 13.3. The number of nitrogens with one attached hydrogen (secondary N) is 1. The van der Waals surface area contributed by atoms with E-state index >= 15 is 0 Å². The van der Waals surface area contributed by atoms with Gasteiger partial charge in [0.2, 0.25) is 0 Å². The molecule has 22 heavy (non-hydrogen) atoms. The summed E-state index contributed by atoms with van der Waals surface area (Å²) in [4.78, 5) is 29.1. The summed E-state index contributed by atoms with van der Waals surface area (Å²) >= 11 is 0. The number of aromatic amines is 1. The summed E-state index contributed by atoms with van der Waals surface area (Å²) in [5, 5.41) is 1.38. The van der Waals surface area contributed by atoms with E-state index in [2.05, 4.69) is 11.9 Å². The Hall–Kier alpha value is -1.85. The third-order valence-corrected chi connectivity index (χ3v) is 4.32. The van der Waals surface area contributed by atoms with Crippen molar-refractivity contribution in [3.05, 3.63) is 46.4 Å². The molecule has 1 fully saturated rings. The Kier molecular flexibility index (Phi) is 4.58. The van der Waals surface area contributed by atoms with E-state index < -0.39 is 0 Å². The number of fused-ring (bicyclic) bond motifs is 1. The second-order valence-corrected chi connectivity index (χ2v) is 6.09. The van der Waals surface area contributed by atoms with Crippen LogP contribution in [0.1, 0.15) is 23.8 Å². The molecule has 1 atom stereocenters. The molecule has 0 bridgehead atoms. The summed E-state index contributed by atoms with van der Waals surface area (Å²) in [6, 6.07) is 9.01. The number of aromatic nitrogens is 1. The maximum atomic E-state index is 12.6. The monoisotopic (exact) mass is 321 g/mol. The predicted molar refractivity (Wildman–Crippen MR) is 89.5 cm³/mol. The van der Waals surface area contributed by atoms with Crippen molar-refractivity contribution in [3.8, 4) is 0 Å². The Labute approximate surface area is 134 Å². The number of likely N-dealkylation sites (tertiary alicyclic amines) is 1. The van der Waals surface area contributed by atoms with Gasteiger partial charge in [-0.2, -0.15) is 0 Å². The lowest BCUT2D eigenvalue weighted by Crippen LogP contribution is -2.35. The largest absolute Gasteiger partial charge is 0.337 e. The average Bonchev–Trinajstić information content (AvgIpc) is 2.90. The number of nitrogens with zero attached hydrogens (tertiary/aromatic N) is 1. The van der Waals surface area contributed by atoms with Gasteiger partial charge in [0, 0.05) is 18.5 Å². The molecule has 5 nitrogen and oxygen atoms in total. The van der Waals surface area contributed by atoms with Crippen LogP contribution in [0.2, 0.25) is 0 Å². The number of H-pyrrole nitrogens is 1. The van der Waals surface area contributed by atoms with Gasteiger partial charge in [-0.1, -0.05) is 25.1 Å². The maximum absolute atomic E-state index is 12.6. The quantitative estimate of drug-likeness (QED) is 0.884. The van der Waals surface area contributed by atoms with Crippen molar-refractivity contribution in [2.24, 2.45) is 11.1 Å². The van der Waals surface area contributed by atoms with Crippen molar-refractivity contribution >= 4 is 29.1 Å². The summed E-state index contributed by atoms with van der Waals surface area (Å²) in [5.41, 5.74) is 5.87. The van der Waals surface area contributed by atoms with Crippen LogP contribution in [-0.4, -0.2) is 35.4 Å². The summed E-state index contributed by atoms with van der Waals surface area (Å²) in [6.45, 7) is 3.97. The molecular formula is C16H20ClN3O2. The van der Waals surface area contributed by atoms with E-state index in [1.807, 2.05) is 18.2 Å². The van der Waals surface area contributed by atoms with E-state index in [-0.39, 0.29) is 29.3 Å². The Morgan fingerprint density at radius 1 is 1.41 bits per heavy atom. The molecule has 1 amide bonds. The molecule has 1 aromatic carbocycles. The standard InChI is InChI=1S/C16H19N3O2.ClH/c1-16(9-17)6-7-19(10-16)15(21)13-8-11-4-2-3-5-12(11)14(20)18-13;/h2-5,8H,6-7,9-10,17H2,1H3,(H,18,20);1H. The highest BCUT2D eigenvalue weighted by Gasteiger charge is 2.35. The summed E-state index contributed by atoms with van der Waals surface area (Å²) in [6.07, 6.45) is 0.896. The smallest absolute Gasteiger partial charge is 0.270 e. The molecule has 0 spiro atoms. The molecule has 3 N–H and O–H groups in total. The number of halogens is 1. The first-order valence-corrected chi connectivity index (χ1v) is 7.14. The fourth-order valence-corrected chi connectivity index (χ4v) is 2.86. The SMILES string of the molecule is CC1(CN)CCN(C(=O)c2cc3ccccc3c(=O)[nH]2)C1.Cl. The van der Waals surface area contributed by atoms with Crippen LogP contribution in [0.5, 0.6) is 0 Å². The molecule has 0 radical (unpaired) electrons. The highest BCUT2D eigenvalue weighted by atomic mass is 35.5. The molecular weight excluding hydrogens is 302 g/mol. The molecule has 1 aromatic heterocycles. The van der Waals surface area contributed by atoms with Gasteiger partial charge in [-0.15, -0.1) is 12.4 Å². The van der Waals surface area contributed by atoms with Crippen LogP contribution in [0, 0.1) is 5.41 Å². The van der Waals surface area contributed by atoms with Crippen molar-refractivity contribution < 1.29 is 4.79 Å². The fourth-order valence-electron chi connectivity index (χ4n) is 2.86. The van der Waals surface area contributed by atoms with Crippen LogP contribution in [0.15, 0.2) is 35.1 Å². The van der Waals surface area contributed by atoms with Crippen molar-refractivity contribution in [1.29, 1.82) is 0 Å². The molecule has 1 saturated heterocycles. The van der Waals surface area contributed by atoms with Crippen LogP contribution in [0.4, 0.5) is 0 Å². The lowest BCUT2D eigenvalue weighted by atomic mass is 9.90. The van der Waals surface area contributed by atoms with E-state index in [1.54, 1.807) is 17.0 Å². The first kappa shape index (κ1) is 16.5. The number of hydrogen-bond donors (Lipinski definition) is 2. The fraction of sp³-hybridized carbons (Fsp3) is 0.375. The minimum atomic E-state index is -0.225. The van der Waals surface area contributed by atoms with Crippen molar-refractivity contribution in [1.82, 2.24) is 9.88 Å². The summed E-state index contributed by atoms with van der Waals surface area (Å²) in [7, 11) is 0. The topological polar surface area (TPSA) is 79.2 Å². The van der Waals surface area contributed by atoms with Gasteiger partial charge in [-0.25, -0.2) is 0 Å². The van der Waals surface area contributed by atoms with Gasteiger partial charge in [0.05, 0.1) is 0 Å². The van der Waals surface area contributed by atoms with Gasteiger partial charge in [0.25, 0.3) is 11.5 Å². The van der Waals surface area contributed by atoms with E-state index in [0.717, 1.165) is 11.8 Å². The van der Waals surface area contributed by atoms with Gasteiger partial charge < -0.3 is 15.6 Å². The van der Waals surface area contributed by atoms with Crippen LogP contribution in [0.3, 0.4) is 0 Å². The number of carbonyl (C=O) groups excluding carboxylic acids is 1. The zero-order valence-electron chi connectivity index (χ0n) is 12.5. The minimum absolute atomic E-state index is 0. The molecule has 1 aliphatic heterocycles. The van der Waals surface area contributed by atoms with E-state index in [4.69, 9.17) is 5.73 Å². The van der Waals surface area contributed by atoms with Gasteiger partial charge in [-0.05, 0) is 35.9 Å². The van der Waals surface area contributed by atoms with Crippen LogP contribution in [0.25, 0.3) is 10.8 Å². The van der Waals surface area contributed by atoms with Crippen LogP contribution >= 0.6 is 12.4 Å². The number of rotatable bonds is 2. The number of amides is 1. The van der Waals surface area contributed by atoms with Crippen molar-refractivity contribution in [2.45, 2.75) is 13.3 Å². The van der Waals surface area contributed by atoms with E-state index in [9.17, 15) is 9.59 Å². The molecule has 1 unspecified atom stereocenters. The second-order valence-electron chi connectivity index (χ2n) is 6.09. The molecule has 0 aliphatic carbocycles. The number of benzene rings is 1. The maximum Gasteiger partial charge on any atom is 0.270 e. The first-order chi connectivity index (χ1) is 10.0. The molecule has 1 aliphatic rings. The lowest BCUT2D eigenvalue weighted by molar-refractivity contribution is 0.0771. The van der Waals surface area contributed by atoms with Gasteiger partial charge in [0.15, 0.2) is 0 Å². The van der Waals surface area contributed by atoms with E-state index in [0.29, 0.717) is 30.7 Å². The first-order valence-electron chi connectivity index (χ1n) is 7.14. The average molecular weight is 322 g/mol. The second kappa shape index (κ2) is 6.10. The highest BCUT2D eigenvalue weighted by molar-refractivity contribution is 5.96. The minimum Gasteiger partial charge on any atom is -0.337 e. The Morgan fingerprint density at radius 2 is 2.14 bits per heavy atom. The van der Waals surface area contributed by atoms with E-state index in [1.165, 1.54) is 0 Å². The molecule has 2 aromatic rings. The Morgan fingerprint density at radius 3 is 2.82 bits per heavy atom. The number of nitrogens with two attached hydrogens (primary N) is 1. The lowest BCUT2D eigenvalue weighted by Gasteiger charge is -2.22. The van der Waals surface area contributed by atoms with Crippen LogP contribution in [-0.2, 0) is 0 Å². The molecule has 118 valence electrons. The Balaban J connectivity index is 0.00000176. The van der Waals surface area contributed by atoms with Gasteiger partial charge in [0.1, 0.15) is 5.69 Å². The number of carbonyl (C=O) groups is 1. The van der Waals surface area contributed by atoms with Crippen molar-refractivity contribution in [2.75, 3.05) is 19.6 Å². The zero-order chi connectivity index (χ0) is 15.0.